The van der Waals surface area contributed by atoms with Gasteiger partial charge in [-0.2, -0.15) is 0 Å². The van der Waals surface area contributed by atoms with Gasteiger partial charge >= 0.3 is 5.97 Å². The average Bonchev–Trinajstić information content (AvgIpc) is 2.12. The molecule has 0 amide bonds. The van der Waals surface area contributed by atoms with Crippen LogP contribution in [0, 0.1) is 0 Å². The molecule has 0 heterocycles. The minimum atomic E-state index is -1.52. The van der Waals surface area contributed by atoms with E-state index in [1.807, 2.05) is 0 Å². The number of esters is 1. The van der Waals surface area contributed by atoms with Crippen LogP contribution in [0.1, 0.15) is 19.8 Å². The largest absolute Gasteiger partial charge is 0.742 e. The predicted octanol–water partition coefficient (Wildman–Crippen LogP) is -0.875. The summed E-state index contributed by atoms with van der Waals surface area (Å²) in [5.74, 6) is -0.935. The van der Waals surface area contributed by atoms with Crippen molar-refractivity contribution < 1.29 is 24.5 Å². The molecule has 0 aliphatic rings. The van der Waals surface area contributed by atoms with Crippen molar-refractivity contribution in [2.45, 2.75) is 32.0 Å². The van der Waals surface area contributed by atoms with Gasteiger partial charge in [-0.25, -0.2) is 4.79 Å². The van der Waals surface area contributed by atoms with E-state index in [-0.39, 0.29) is 6.61 Å². The normalized spacial score (nSPS) is 14.5. The second kappa shape index (κ2) is 6.69. The smallest absolute Gasteiger partial charge is 0.335 e. The summed E-state index contributed by atoms with van der Waals surface area (Å²) in [5.41, 5.74) is 0. The van der Waals surface area contributed by atoms with E-state index in [0.717, 1.165) is 0 Å². The second-order valence-electron chi connectivity index (χ2n) is 2.78. The van der Waals surface area contributed by atoms with E-state index in [4.69, 9.17) is 10.2 Å². The van der Waals surface area contributed by atoms with E-state index in [2.05, 4.69) is 17.4 Å². The number of aliphatic hydroxyl groups excluding tert-OH is 2. The number of hydrogen-bond donors (Lipinski definition) is 2. The lowest BCUT2D eigenvalue weighted by molar-refractivity contribution is -0.157. The van der Waals surface area contributed by atoms with Gasteiger partial charge < -0.3 is 32.4 Å². The summed E-state index contributed by atoms with van der Waals surface area (Å²) in [6.07, 6.45) is -2.26. The Morgan fingerprint density at radius 1 is 1.43 bits per heavy atom. The Labute approximate surface area is 87.5 Å². The SMILES string of the molecule is CCC(O)COC(=O)C(O)CC(=O)[S-]. The minimum Gasteiger partial charge on any atom is -0.742 e. The first kappa shape index (κ1) is 13.3. The molecular weight excluding hydrogens is 208 g/mol. The highest BCUT2D eigenvalue weighted by molar-refractivity contribution is 7.77. The predicted molar refractivity (Wildman–Crippen MR) is 50.3 cm³/mol. The lowest BCUT2D eigenvalue weighted by Gasteiger charge is -2.13. The first-order valence-corrected chi connectivity index (χ1v) is 4.60. The van der Waals surface area contributed by atoms with Crippen LogP contribution < -0.4 is 0 Å². The van der Waals surface area contributed by atoms with Crippen molar-refractivity contribution in [1.29, 1.82) is 0 Å². The molecule has 6 heteroatoms. The molecule has 0 saturated heterocycles. The first-order valence-electron chi connectivity index (χ1n) is 4.20. The standard InChI is InChI=1S/C8H14O5S/c1-2-5(9)4-13-8(12)6(10)3-7(11)14/h5-6,9-10H,2-4H2,1H3,(H,11,14)/p-1. The maximum Gasteiger partial charge on any atom is 0.335 e. The van der Waals surface area contributed by atoms with Crippen molar-refractivity contribution in [2.24, 2.45) is 0 Å². The van der Waals surface area contributed by atoms with Gasteiger partial charge in [-0.3, -0.25) is 0 Å². The lowest BCUT2D eigenvalue weighted by Crippen LogP contribution is -2.28. The minimum absolute atomic E-state index is 0.183. The highest BCUT2D eigenvalue weighted by atomic mass is 32.1. The molecule has 82 valence electrons. The van der Waals surface area contributed by atoms with Gasteiger partial charge in [0.2, 0.25) is 0 Å². The van der Waals surface area contributed by atoms with Crippen LogP contribution in [0.25, 0.3) is 0 Å². The van der Waals surface area contributed by atoms with Gasteiger partial charge in [0.15, 0.2) is 6.10 Å². The summed E-state index contributed by atoms with van der Waals surface area (Å²) < 4.78 is 4.52. The molecule has 0 aliphatic carbocycles. The maximum absolute atomic E-state index is 10.9. The van der Waals surface area contributed by atoms with E-state index < -0.39 is 29.7 Å². The molecule has 0 aromatic carbocycles. The van der Waals surface area contributed by atoms with E-state index in [1.165, 1.54) is 0 Å². The quantitative estimate of drug-likeness (QED) is 0.448. The summed E-state index contributed by atoms with van der Waals surface area (Å²) in [5, 5.41) is 17.4. The molecule has 0 rings (SSSR count). The fourth-order valence-corrected chi connectivity index (χ4v) is 0.791. The second-order valence-corrected chi connectivity index (χ2v) is 3.24. The third kappa shape index (κ3) is 5.85. The molecule has 14 heavy (non-hydrogen) atoms. The van der Waals surface area contributed by atoms with Crippen molar-refractivity contribution in [3.05, 3.63) is 0 Å². The fraction of sp³-hybridized carbons (Fsp3) is 0.750. The van der Waals surface area contributed by atoms with E-state index in [1.54, 1.807) is 6.92 Å². The van der Waals surface area contributed by atoms with Crippen LogP contribution in [0.3, 0.4) is 0 Å². The number of carbonyl (C=O) groups excluding carboxylic acids is 2. The van der Waals surface area contributed by atoms with Crippen LogP contribution in [0.5, 0.6) is 0 Å². The topological polar surface area (TPSA) is 83.8 Å². The van der Waals surface area contributed by atoms with E-state index in [0.29, 0.717) is 6.42 Å². The molecule has 0 fully saturated rings. The van der Waals surface area contributed by atoms with Gasteiger partial charge in [0.05, 0.1) is 6.10 Å². The van der Waals surface area contributed by atoms with Crippen LogP contribution in [-0.2, 0) is 27.0 Å². The van der Waals surface area contributed by atoms with Gasteiger partial charge in [0, 0.05) is 11.5 Å². The number of ether oxygens (including phenoxy) is 1. The lowest BCUT2D eigenvalue weighted by atomic mass is 10.2. The fourth-order valence-electron chi connectivity index (χ4n) is 0.634. The molecular formula is C8H13O5S-. The van der Waals surface area contributed by atoms with Crippen molar-refractivity contribution >= 4 is 23.7 Å². The van der Waals surface area contributed by atoms with Gasteiger partial charge in [-0.1, -0.05) is 6.92 Å². The number of rotatable bonds is 6. The molecule has 2 N–H and O–H groups in total. The summed E-state index contributed by atoms with van der Waals surface area (Å²) in [6.45, 7) is 1.54. The Balaban J connectivity index is 3.78. The maximum atomic E-state index is 10.9. The molecule has 0 spiro atoms. The monoisotopic (exact) mass is 221 g/mol. The molecule has 0 bridgehead atoms. The van der Waals surface area contributed by atoms with Crippen LogP contribution in [0.4, 0.5) is 0 Å². The Morgan fingerprint density at radius 3 is 2.43 bits per heavy atom. The Hall–Kier alpha value is -0.720. The van der Waals surface area contributed by atoms with Crippen molar-refractivity contribution in [1.82, 2.24) is 0 Å². The summed E-state index contributed by atoms with van der Waals surface area (Å²) in [4.78, 5) is 21.3. The zero-order valence-corrected chi connectivity index (χ0v) is 8.62. The van der Waals surface area contributed by atoms with Gasteiger partial charge in [-0.05, 0) is 6.42 Å². The zero-order valence-electron chi connectivity index (χ0n) is 7.80. The van der Waals surface area contributed by atoms with Crippen molar-refractivity contribution in [3.63, 3.8) is 0 Å². The molecule has 0 aliphatic heterocycles. The molecule has 0 radical (unpaired) electrons. The van der Waals surface area contributed by atoms with Crippen LogP contribution in [0.2, 0.25) is 0 Å². The average molecular weight is 221 g/mol. The van der Waals surface area contributed by atoms with Crippen molar-refractivity contribution in [2.75, 3.05) is 6.61 Å². The molecule has 5 nitrogen and oxygen atoms in total. The molecule has 0 aromatic heterocycles. The van der Waals surface area contributed by atoms with Gasteiger partial charge in [0.1, 0.15) is 6.61 Å². The molecule has 0 aromatic rings. The van der Waals surface area contributed by atoms with Crippen LogP contribution >= 0.6 is 0 Å². The zero-order chi connectivity index (χ0) is 11.1. The highest BCUT2D eigenvalue weighted by Gasteiger charge is 2.17. The Morgan fingerprint density at radius 2 is 2.00 bits per heavy atom. The first-order chi connectivity index (χ1) is 6.47. The Kier molecular flexibility index (Phi) is 6.35. The van der Waals surface area contributed by atoms with Crippen LogP contribution in [0.15, 0.2) is 0 Å². The Bertz CT molecular complexity index is 206. The molecule has 2 unspecified atom stereocenters. The third-order valence-electron chi connectivity index (χ3n) is 1.52. The third-order valence-corrected chi connectivity index (χ3v) is 1.69. The number of hydrogen-bond acceptors (Lipinski definition) is 6. The number of aliphatic hydroxyl groups is 2. The van der Waals surface area contributed by atoms with Gasteiger partial charge in [0.25, 0.3) is 0 Å². The van der Waals surface area contributed by atoms with Crippen LogP contribution in [-0.4, -0.2) is 40.1 Å². The molecule has 2 atom stereocenters. The summed E-state index contributed by atoms with van der Waals surface area (Å²) in [6, 6.07) is 0. The summed E-state index contributed by atoms with van der Waals surface area (Å²) >= 11 is 4.18. The van der Waals surface area contributed by atoms with Crippen molar-refractivity contribution in [3.8, 4) is 0 Å². The van der Waals surface area contributed by atoms with E-state index in [9.17, 15) is 9.59 Å². The molecule has 0 saturated carbocycles. The highest BCUT2D eigenvalue weighted by Crippen LogP contribution is 1.98. The number of carbonyl (C=O) groups is 2. The van der Waals surface area contributed by atoms with E-state index >= 15 is 0 Å². The van der Waals surface area contributed by atoms with Gasteiger partial charge in [-0.15, -0.1) is 0 Å². The summed E-state index contributed by atoms with van der Waals surface area (Å²) in [7, 11) is 0.